The number of H-pyrrole nitrogens is 1. The fourth-order valence-corrected chi connectivity index (χ4v) is 4.40. The number of aliphatic hydroxyl groups is 3. The largest absolute Gasteiger partial charge is 0.480 e. The summed E-state index contributed by atoms with van der Waals surface area (Å²) >= 11 is 0. The highest BCUT2D eigenvalue weighted by atomic mass is 16.4. The van der Waals surface area contributed by atoms with Crippen molar-refractivity contribution in [1.82, 2.24) is 31.6 Å². The van der Waals surface area contributed by atoms with Gasteiger partial charge in [0.25, 0.3) is 0 Å². The molecule has 12 N–H and O–H groups in total. The van der Waals surface area contributed by atoms with Gasteiger partial charge in [-0.15, -0.1) is 0 Å². The maximum Gasteiger partial charge on any atom is 0.326 e. The minimum Gasteiger partial charge on any atom is -0.480 e. The Labute approximate surface area is 264 Å². The monoisotopic (exact) mass is 649 g/mol. The zero-order valence-corrected chi connectivity index (χ0v) is 25.8. The Morgan fingerprint density at radius 1 is 0.848 bits per heavy atom. The number of carbonyl (C=O) groups is 6. The smallest absolute Gasteiger partial charge is 0.326 e. The molecule has 2 rings (SSSR count). The quantitative estimate of drug-likeness (QED) is 0.0756. The number of carbonyl (C=O) groups excluding carboxylic acids is 5. The van der Waals surface area contributed by atoms with Gasteiger partial charge >= 0.3 is 5.97 Å². The van der Waals surface area contributed by atoms with E-state index in [0.717, 1.165) is 10.9 Å². The maximum atomic E-state index is 13.4. The molecule has 1 aromatic carbocycles. The molecule has 5 amide bonds. The maximum absolute atomic E-state index is 13.4. The summed E-state index contributed by atoms with van der Waals surface area (Å²) in [6.45, 7) is 2.34. The molecule has 7 atom stereocenters. The number of aliphatic hydroxyl groups excluding tert-OH is 3. The van der Waals surface area contributed by atoms with Crippen LogP contribution in [0.1, 0.15) is 32.8 Å². The van der Waals surface area contributed by atoms with Crippen molar-refractivity contribution >= 4 is 46.4 Å². The Hall–Kier alpha value is -4.58. The molecule has 0 bridgehead atoms. The Balaban J connectivity index is 2.19. The van der Waals surface area contributed by atoms with E-state index < -0.39 is 97.5 Å². The lowest BCUT2D eigenvalue weighted by atomic mass is 9.98. The average Bonchev–Trinajstić information content (AvgIpc) is 3.44. The van der Waals surface area contributed by atoms with E-state index in [1.54, 1.807) is 32.2 Å². The van der Waals surface area contributed by atoms with Gasteiger partial charge in [-0.2, -0.15) is 0 Å². The summed E-state index contributed by atoms with van der Waals surface area (Å²) in [5.41, 5.74) is 6.77. The normalized spacial score (nSPS) is 15.7. The minimum absolute atomic E-state index is 0.0703. The van der Waals surface area contributed by atoms with Gasteiger partial charge in [0.1, 0.15) is 30.2 Å². The molecule has 0 aliphatic rings. The number of amides is 5. The number of para-hydroxylation sites is 1. The Bertz CT molecular complexity index is 1380. The molecule has 0 saturated heterocycles. The standard InChI is InChI=1S/C29H43N7O10/c1-4-14(2)23(29(45)46)36-27(43)20(9-16-10-31-19-8-6-5-7-17(16)19)33-28(44)24(15(3)39)35-22(40)11-32-26(42)21(13-38)34-25(41)18(30)12-37/h5-8,10,14-15,18,20-21,23-24,31,37-39H,4,9,11-13,30H2,1-3H3,(H,32,42)(H,33,44)(H,34,41)(H,35,40)(H,36,43)(H,45,46)/t14-,15+,18-,20-,21-,23-,24-/m0/s1. The number of carboxylic acid groups (broad SMARTS) is 1. The molecule has 0 aliphatic carbocycles. The molecule has 1 heterocycles. The summed E-state index contributed by atoms with van der Waals surface area (Å²) in [6.07, 6.45) is 0.550. The van der Waals surface area contributed by atoms with E-state index in [1.807, 2.05) is 12.1 Å². The van der Waals surface area contributed by atoms with Crippen molar-refractivity contribution in [2.75, 3.05) is 19.8 Å². The van der Waals surface area contributed by atoms with Gasteiger partial charge in [0.15, 0.2) is 0 Å². The molecule has 0 radical (unpaired) electrons. The lowest BCUT2D eigenvalue weighted by Gasteiger charge is -2.27. The van der Waals surface area contributed by atoms with Gasteiger partial charge in [0.2, 0.25) is 29.5 Å². The highest BCUT2D eigenvalue weighted by Crippen LogP contribution is 2.19. The van der Waals surface area contributed by atoms with E-state index in [4.69, 9.17) is 10.8 Å². The molecule has 2 aromatic rings. The SMILES string of the molecule is CC[C@H](C)[C@H](NC(=O)[C@H](Cc1c[nH]c2ccccc12)NC(=O)[C@@H](NC(=O)CNC(=O)[C@H](CO)NC(=O)[C@@H](N)CO)[C@@H](C)O)C(=O)O. The number of aliphatic carboxylic acids is 1. The van der Waals surface area contributed by atoms with E-state index >= 15 is 0 Å². The molecule has 0 aliphatic heterocycles. The summed E-state index contributed by atoms with van der Waals surface area (Å²) in [5.74, 6) is -6.29. The van der Waals surface area contributed by atoms with E-state index in [9.17, 15) is 44.1 Å². The van der Waals surface area contributed by atoms with Crippen molar-refractivity contribution in [3.05, 3.63) is 36.0 Å². The molecule has 254 valence electrons. The summed E-state index contributed by atoms with van der Waals surface area (Å²) in [6, 6.07) is 0.191. The number of nitrogens with two attached hydrogens (primary N) is 1. The molecule has 17 heteroatoms. The highest BCUT2D eigenvalue weighted by molar-refractivity contribution is 5.96. The second-order valence-electron chi connectivity index (χ2n) is 10.9. The third-order valence-corrected chi connectivity index (χ3v) is 7.36. The summed E-state index contributed by atoms with van der Waals surface area (Å²) in [4.78, 5) is 78.6. The zero-order valence-electron chi connectivity index (χ0n) is 25.8. The van der Waals surface area contributed by atoms with E-state index in [0.29, 0.717) is 12.0 Å². The van der Waals surface area contributed by atoms with Gasteiger partial charge in [-0.3, -0.25) is 24.0 Å². The summed E-state index contributed by atoms with van der Waals surface area (Å²) < 4.78 is 0. The van der Waals surface area contributed by atoms with Gasteiger partial charge in [-0.25, -0.2) is 4.79 Å². The van der Waals surface area contributed by atoms with Crippen molar-refractivity contribution in [1.29, 1.82) is 0 Å². The van der Waals surface area contributed by atoms with Crippen LogP contribution in [0.3, 0.4) is 0 Å². The van der Waals surface area contributed by atoms with Crippen LogP contribution in [-0.4, -0.2) is 117 Å². The van der Waals surface area contributed by atoms with Gasteiger partial charge in [-0.1, -0.05) is 38.5 Å². The number of aromatic nitrogens is 1. The van der Waals surface area contributed by atoms with Crippen molar-refractivity contribution in [2.45, 2.75) is 69.9 Å². The highest BCUT2D eigenvalue weighted by Gasteiger charge is 2.33. The van der Waals surface area contributed by atoms with E-state index in [-0.39, 0.29) is 6.42 Å². The fraction of sp³-hybridized carbons (Fsp3) is 0.517. The molecule has 46 heavy (non-hydrogen) atoms. The first kappa shape index (κ1) is 37.6. The molecule has 0 unspecified atom stereocenters. The lowest BCUT2D eigenvalue weighted by molar-refractivity contribution is -0.144. The second-order valence-corrected chi connectivity index (χ2v) is 10.9. The van der Waals surface area contributed by atoms with Crippen LogP contribution in [-0.2, 0) is 35.2 Å². The molecule has 0 fully saturated rings. The number of benzene rings is 1. The number of fused-ring (bicyclic) bond motifs is 1. The van der Waals surface area contributed by atoms with Crippen LogP contribution in [0.25, 0.3) is 10.9 Å². The van der Waals surface area contributed by atoms with Gasteiger partial charge in [0, 0.05) is 23.5 Å². The zero-order chi connectivity index (χ0) is 34.6. The topological polar surface area (TPSA) is 285 Å². The van der Waals surface area contributed by atoms with Gasteiger partial charge in [-0.05, 0) is 24.5 Å². The van der Waals surface area contributed by atoms with Crippen LogP contribution < -0.4 is 32.3 Å². The molecular formula is C29H43N7O10. The van der Waals surface area contributed by atoms with Gasteiger partial charge < -0.3 is 57.7 Å². The van der Waals surface area contributed by atoms with Crippen LogP contribution in [0.15, 0.2) is 30.5 Å². The molecule has 1 aromatic heterocycles. The molecule has 17 nitrogen and oxygen atoms in total. The first-order valence-electron chi connectivity index (χ1n) is 14.6. The Kier molecular flexibility index (Phi) is 14.5. The third-order valence-electron chi connectivity index (χ3n) is 7.36. The molecule has 0 spiro atoms. The Morgan fingerprint density at radius 2 is 1.50 bits per heavy atom. The number of hydrogen-bond donors (Lipinski definition) is 11. The van der Waals surface area contributed by atoms with E-state index in [1.165, 1.54) is 6.92 Å². The fourth-order valence-electron chi connectivity index (χ4n) is 4.40. The first-order chi connectivity index (χ1) is 21.7. The molecule has 0 saturated carbocycles. The first-order valence-corrected chi connectivity index (χ1v) is 14.6. The van der Waals surface area contributed by atoms with Crippen molar-refractivity contribution in [2.24, 2.45) is 11.7 Å². The summed E-state index contributed by atoms with van der Waals surface area (Å²) in [7, 11) is 0. The number of hydrogen-bond acceptors (Lipinski definition) is 10. The van der Waals surface area contributed by atoms with Crippen LogP contribution >= 0.6 is 0 Å². The van der Waals surface area contributed by atoms with Gasteiger partial charge in [0.05, 0.1) is 25.9 Å². The van der Waals surface area contributed by atoms with Crippen LogP contribution in [0, 0.1) is 5.92 Å². The predicted octanol–water partition coefficient (Wildman–Crippen LogP) is -3.41. The average molecular weight is 650 g/mol. The number of nitrogens with one attached hydrogen (secondary N) is 6. The number of carboxylic acids is 1. The minimum atomic E-state index is -1.61. The van der Waals surface area contributed by atoms with E-state index in [2.05, 4.69) is 31.6 Å². The number of rotatable bonds is 18. The Morgan fingerprint density at radius 3 is 2.09 bits per heavy atom. The van der Waals surface area contributed by atoms with Crippen molar-refractivity contribution < 1.29 is 49.2 Å². The molecular weight excluding hydrogens is 606 g/mol. The van der Waals surface area contributed by atoms with Crippen LogP contribution in [0.2, 0.25) is 0 Å². The summed E-state index contributed by atoms with van der Waals surface area (Å²) in [5, 5.41) is 50.7. The van der Waals surface area contributed by atoms with Crippen molar-refractivity contribution in [3.63, 3.8) is 0 Å². The second kappa shape index (κ2) is 17.8. The van der Waals surface area contributed by atoms with Crippen LogP contribution in [0.4, 0.5) is 0 Å². The van der Waals surface area contributed by atoms with Crippen molar-refractivity contribution in [3.8, 4) is 0 Å². The lowest BCUT2D eigenvalue weighted by Crippen LogP contribution is -2.60. The third kappa shape index (κ3) is 10.5. The van der Waals surface area contributed by atoms with Crippen LogP contribution in [0.5, 0.6) is 0 Å². The predicted molar refractivity (Wildman–Crippen MR) is 164 cm³/mol. The number of aromatic amines is 1.